The number of halogens is 1. The van der Waals surface area contributed by atoms with Gasteiger partial charge in [-0.2, -0.15) is 0 Å². The van der Waals surface area contributed by atoms with Crippen molar-refractivity contribution in [2.45, 2.75) is 12.8 Å². The van der Waals surface area contributed by atoms with E-state index in [1.165, 1.54) is 5.56 Å². The van der Waals surface area contributed by atoms with Gasteiger partial charge in [-0.3, -0.25) is 9.55 Å². The lowest BCUT2D eigenvalue weighted by Gasteiger charge is -2.09. The van der Waals surface area contributed by atoms with Gasteiger partial charge in [0.2, 0.25) is 0 Å². The van der Waals surface area contributed by atoms with Crippen LogP contribution < -0.4 is 10.5 Å². The van der Waals surface area contributed by atoms with E-state index in [-0.39, 0.29) is 0 Å². The Bertz CT molecular complexity index is 1530. The highest BCUT2D eigenvalue weighted by atomic mass is 35.5. The molecule has 0 amide bonds. The summed E-state index contributed by atoms with van der Waals surface area (Å²) in [6.07, 6.45) is 5.56. The largest absolute Gasteiger partial charge is 0.497 e. The lowest BCUT2D eigenvalue weighted by atomic mass is 10.1. The minimum absolute atomic E-state index is 0.565. The van der Waals surface area contributed by atoms with Crippen LogP contribution in [0.25, 0.3) is 27.6 Å². The number of imidazole rings is 1. The summed E-state index contributed by atoms with van der Waals surface area (Å²) in [6.45, 7) is 0.694. The minimum atomic E-state index is 0.565. The molecular weight excluding hydrogens is 444 g/mol. The van der Waals surface area contributed by atoms with Crippen LogP contribution in [-0.2, 0) is 6.42 Å². The van der Waals surface area contributed by atoms with E-state index >= 15 is 0 Å². The third kappa shape index (κ3) is 4.34. The molecule has 0 saturated carbocycles. The number of pyridine rings is 1. The van der Waals surface area contributed by atoms with Gasteiger partial charge >= 0.3 is 0 Å². The first kappa shape index (κ1) is 22.0. The van der Waals surface area contributed by atoms with E-state index in [2.05, 4.69) is 50.6 Å². The van der Waals surface area contributed by atoms with Crippen LogP contribution in [0.2, 0.25) is 5.02 Å². The molecule has 0 bridgehead atoms. The summed E-state index contributed by atoms with van der Waals surface area (Å²) in [7, 11) is 1.64. The second-order valence-electron chi connectivity index (χ2n) is 7.99. The Morgan fingerprint density at radius 3 is 2.50 bits per heavy atom. The Labute approximate surface area is 203 Å². The van der Waals surface area contributed by atoms with E-state index in [9.17, 15) is 0 Å². The summed E-state index contributed by atoms with van der Waals surface area (Å²) in [4.78, 5) is 9.15. The number of rotatable bonds is 5. The molecule has 0 aliphatic rings. The second-order valence-corrected chi connectivity index (χ2v) is 8.40. The van der Waals surface area contributed by atoms with Gasteiger partial charge in [0, 0.05) is 22.2 Å². The first-order valence-electron chi connectivity index (χ1n) is 11.1. The summed E-state index contributed by atoms with van der Waals surface area (Å²) in [5, 5.41) is 1.52. The Morgan fingerprint density at radius 1 is 0.971 bits per heavy atom. The zero-order valence-electron chi connectivity index (χ0n) is 18.8. The summed E-state index contributed by atoms with van der Waals surface area (Å²) >= 11 is 6.56. The van der Waals surface area contributed by atoms with E-state index < -0.39 is 0 Å². The molecule has 5 rings (SSSR count). The molecule has 0 unspecified atom stereocenters. The fraction of sp³-hybridized carbons (Fsp3) is 0.143. The molecule has 34 heavy (non-hydrogen) atoms. The highest BCUT2D eigenvalue weighted by Crippen LogP contribution is 2.30. The maximum absolute atomic E-state index is 6.56. The molecule has 0 aliphatic heterocycles. The van der Waals surface area contributed by atoms with Gasteiger partial charge in [0.15, 0.2) is 0 Å². The van der Waals surface area contributed by atoms with Gasteiger partial charge in [0.1, 0.15) is 17.6 Å². The molecule has 2 aromatic heterocycles. The number of hydrogen-bond donors (Lipinski definition) is 1. The Kier molecular flexibility index (Phi) is 6.18. The minimum Gasteiger partial charge on any atom is -0.497 e. The number of nitrogens with two attached hydrogens (primary N) is 1. The number of hydrogen-bond acceptors (Lipinski definition) is 4. The molecule has 5 aromatic rings. The van der Waals surface area contributed by atoms with Crippen molar-refractivity contribution < 1.29 is 4.74 Å². The zero-order valence-corrected chi connectivity index (χ0v) is 19.5. The fourth-order valence-electron chi connectivity index (χ4n) is 3.95. The number of nitrogens with zero attached hydrogens (tertiary/aromatic N) is 3. The molecule has 2 N–H and O–H groups in total. The normalized spacial score (nSPS) is 10.9. The predicted molar refractivity (Wildman–Crippen MR) is 138 cm³/mol. The molecule has 0 atom stereocenters. The summed E-state index contributed by atoms with van der Waals surface area (Å²) < 4.78 is 7.30. The maximum Gasteiger partial charge on any atom is 0.118 e. The van der Waals surface area contributed by atoms with Crippen molar-refractivity contribution >= 4 is 33.5 Å². The van der Waals surface area contributed by atoms with Crippen LogP contribution in [-0.4, -0.2) is 28.2 Å². The second kappa shape index (κ2) is 9.56. The van der Waals surface area contributed by atoms with E-state index in [0.717, 1.165) is 57.3 Å². The van der Waals surface area contributed by atoms with Gasteiger partial charge in [-0.05, 0) is 73.5 Å². The number of benzene rings is 3. The summed E-state index contributed by atoms with van der Waals surface area (Å²) in [5.41, 5.74) is 12.2. The summed E-state index contributed by atoms with van der Waals surface area (Å²) in [5.74, 6) is 7.19. The van der Waals surface area contributed by atoms with Crippen LogP contribution in [0.1, 0.15) is 23.1 Å². The van der Waals surface area contributed by atoms with Crippen molar-refractivity contribution in [2.24, 2.45) is 5.73 Å². The molecule has 5 nitrogen and oxygen atoms in total. The van der Waals surface area contributed by atoms with Crippen molar-refractivity contribution in [3.63, 3.8) is 0 Å². The van der Waals surface area contributed by atoms with E-state index in [1.807, 2.05) is 42.7 Å². The first-order chi connectivity index (χ1) is 16.7. The summed E-state index contributed by atoms with van der Waals surface area (Å²) in [6, 6.07) is 20.0. The molecule has 0 aliphatic carbocycles. The average molecular weight is 467 g/mol. The quantitative estimate of drug-likeness (QED) is 0.346. The van der Waals surface area contributed by atoms with Crippen molar-refractivity contribution in [1.29, 1.82) is 0 Å². The highest BCUT2D eigenvalue weighted by Gasteiger charge is 2.12. The number of methoxy groups -OCH3 is 1. The molecule has 2 heterocycles. The molecule has 3 aromatic carbocycles. The van der Waals surface area contributed by atoms with Crippen LogP contribution in [0.15, 0.2) is 73.2 Å². The predicted octanol–water partition coefficient (Wildman–Crippen LogP) is 5.53. The van der Waals surface area contributed by atoms with Crippen molar-refractivity contribution in [3.8, 4) is 23.3 Å². The van der Waals surface area contributed by atoms with Gasteiger partial charge in [0.25, 0.3) is 0 Å². The third-order valence-electron chi connectivity index (χ3n) is 5.78. The van der Waals surface area contributed by atoms with E-state index in [4.69, 9.17) is 22.1 Å². The molecule has 0 radical (unpaired) electrons. The van der Waals surface area contributed by atoms with Gasteiger partial charge in [-0.25, -0.2) is 4.98 Å². The van der Waals surface area contributed by atoms with Crippen LogP contribution >= 0.6 is 11.6 Å². The van der Waals surface area contributed by atoms with Gasteiger partial charge in [-0.15, -0.1) is 0 Å². The van der Waals surface area contributed by atoms with Gasteiger partial charge in [0.05, 0.1) is 29.4 Å². The Hall–Kier alpha value is -3.85. The van der Waals surface area contributed by atoms with Crippen LogP contribution in [0.5, 0.6) is 5.75 Å². The first-order valence-corrected chi connectivity index (χ1v) is 11.4. The van der Waals surface area contributed by atoms with Crippen LogP contribution in [0.4, 0.5) is 0 Å². The van der Waals surface area contributed by atoms with Crippen molar-refractivity contribution in [1.82, 2.24) is 14.5 Å². The van der Waals surface area contributed by atoms with E-state index in [0.29, 0.717) is 11.6 Å². The smallest absolute Gasteiger partial charge is 0.118 e. The molecule has 6 heteroatoms. The molecule has 0 spiro atoms. The lowest BCUT2D eigenvalue weighted by Crippen LogP contribution is -2.00. The molecular formula is C28H23ClN4O. The Morgan fingerprint density at radius 2 is 1.76 bits per heavy atom. The fourth-order valence-corrected chi connectivity index (χ4v) is 4.15. The number of ether oxygens (including phenoxy) is 1. The molecule has 0 saturated heterocycles. The van der Waals surface area contributed by atoms with Gasteiger partial charge in [-0.1, -0.05) is 35.6 Å². The number of aryl methyl sites for hydroxylation is 1. The van der Waals surface area contributed by atoms with E-state index in [1.54, 1.807) is 13.3 Å². The van der Waals surface area contributed by atoms with Crippen LogP contribution in [0, 0.1) is 11.8 Å². The third-order valence-corrected chi connectivity index (χ3v) is 6.09. The van der Waals surface area contributed by atoms with Gasteiger partial charge < -0.3 is 10.5 Å². The topological polar surface area (TPSA) is 66.0 Å². The average Bonchev–Trinajstić information content (AvgIpc) is 3.31. The van der Waals surface area contributed by atoms with Crippen molar-refractivity contribution in [3.05, 3.63) is 94.9 Å². The standard InChI is InChI=1S/C28H23ClN4O/c1-34-23-12-7-20(8-13-23)4-9-21-15-24-26(16-25(21)29)31-17-27-28(24)33(18-32-27)22-10-5-19(6-11-22)3-2-14-30/h5-8,10-13,15-18H,2-3,14,30H2,1H3. The number of aromatic nitrogens is 3. The Balaban J connectivity index is 1.58. The molecule has 168 valence electrons. The maximum atomic E-state index is 6.56. The lowest BCUT2D eigenvalue weighted by molar-refractivity contribution is 0.415. The number of fused-ring (bicyclic) bond motifs is 3. The molecule has 0 fully saturated rings. The highest BCUT2D eigenvalue weighted by molar-refractivity contribution is 6.32. The monoisotopic (exact) mass is 466 g/mol. The van der Waals surface area contributed by atoms with Crippen molar-refractivity contribution in [2.75, 3.05) is 13.7 Å². The van der Waals surface area contributed by atoms with Crippen LogP contribution in [0.3, 0.4) is 0 Å². The zero-order chi connectivity index (χ0) is 23.5. The SMILES string of the molecule is COc1ccc(C#Cc2cc3c(cc2Cl)ncc2ncn(-c4ccc(CCCN)cc4)c23)cc1.